The first-order chi connectivity index (χ1) is 13.5. The third-order valence-corrected chi connectivity index (χ3v) is 4.72. The Balaban J connectivity index is 1.51. The fraction of sp³-hybridized carbons (Fsp3) is 0.350. The lowest BCUT2D eigenvalue weighted by Crippen LogP contribution is -2.51. The van der Waals surface area contributed by atoms with Crippen LogP contribution >= 0.6 is 0 Å². The highest BCUT2D eigenvalue weighted by Crippen LogP contribution is 2.16. The molecule has 28 heavy (non-hydrogen) atoms. The van der Waals surface area contributed by atoms with Crippen molar-refractivity contribution in [2.45, 2.75) is 13.3 Å². The Morgan fingerprint density at radius 3 is 2.25 bits per heavy atom. The van der Waals surface area contributed by atoms with E-state index >= 15 is 0 Å². The van der Waals surface area contributed by atoms with E-state index in [1.807, 2.05) is 0 Å². The number of hydrogen-bond acceptors (Lipinski definition) is 4. The van der Waals surface area contributed by atoms with Gasteiger partial charge in [0.2, 0.25) is 11.8 Å². The monoisotopic (exact) mass is 387 g/mol. The molecule has 2 heterocycles. The van der Waals surface area contributed by atoms with E-state index in [4.69, 9.17) is 4.42 Å². The molecule has 2 aromatic rings. The topological polar surface area (TPSA) is 74.1 Å². The van der Waals surface area contributed by atoms with Crippen LogP contribution in [0.5, 0.6) is 0 Å². The lowest BCUT2D eigenvalue weighted by Gasteiger charge is -2.34. The lowest BCUT2D eigenvalue weighted by molar-refractivity contribution is -0.132. The molecule has 1 fully saturated rings. The molecular weight excluding hydrogens is 365 g/mol. The molecule has 1 aliphatic heterocycles. The molecule has 1 aliphatic rings. The van der Waals surface area contributed by atoms with Crippen LogP contribution in [0.25, 0.3) is 0 Å². The highest BCUT2D eigenvalue weighted by molar-refractivity contribution is 5.93. The van der Waals surface area contributed by atoms with Gasteiger partial charge in [-0.05, 0) is 36.4 Å². The zero-order chi connectivity index (χ0) is 20.1. The second kappa shape index (κ2) is 8.69. The first-order valence-corrected chi connectivity index (χ1v) is 9.10. The predicted molar refractivity (Wildman–Crippen MR) is 100 cm³/mol. The number of halogens is 1. The van der Waals surface area contributed by atoms with Crippen LogP contribution in [-0.4, -0.2) is 60.2 Å². The number of anilines is 1. The van der Waals surface area contributed by atoms with Gasteiger partial charge in [-0.25, -0.2) is 4.39 Å². The van der Waals surface area contributed by atoms with E-state index in [2.05, 4.69) is 0 Å². The molecule has 0 saturated carbocycles. The second-order valence-electron chi connectivity index (χ2n) is 6.55. The maximum atomic E-state index is 13.1. The van der Waals surface area contributed by atoms with Gasteiger partial charge in [0.25, 0.3) is 5.91 Å². The predicted octanol–water partition coefficient (Wildman–Crippen LogP) is 2.15. The van der Waals surface area contributed by atoms with E-state index in [1.165, 1.54) is 42.4 Å². The van der Waals surface area contributed by atoms with Gasteiger partial charge in [0, 0.05) is 51.8 Å². The average molecular weight is 387 g/mol. The largest absolute Gasteiger partial charge is 0.459 e. The number of rotatable bonds is 5. The van der Waals surface area contributed by atoms with Crippen molar-refractivity contribution < 1.29 is 23.2 Å². The summed E-state index contributed by atoms with van der Waals surface area (Å²) in [5, 5.41) is 0. The highest BCUT2D eigenvalue weighted by atomic mass is 19.1. The fourth-order valence-electron chi connectivity index (χ4n) is 3.17. The summed E-state index contributed by atoms with van der Waals surface area (Å²) >= 11 is 0. The molecule has 0 N–H and O–H groups in total. The Bertz CT molecular complexity index is 828. The first kappa shape index (κ1) is 19.6. The van der Waals surface area contributed by atoms with Crippen molar-refractivity contribution in [3.05, 3.63) is 54.2 Å². The van der Waals surface area contributed by atoms with Crippen LogP contribution in [0.3, 0.4) is 0 Å². The molecule has 0 unspecified atom stereocenters. The van der Waals surface area contributed by atoms with Crippen LogP contribution in [0.1, 0.15) is 23.9 Å². The molecule has 3 amide bonds. The van der Waals surface area contributed by atoms with Crippen molar-refractivity contribution in [1.29, 1.82) is 0 Å². The van der Waals surface area contributed by atoms with Gasteiger partial charge in [0.15, 0.2) is 5.76 Å². The number of nitrogens with zero attached hydrogens (tertiary/aromatic N) is 3. The Morgan fingerprint density at radius 1 is 1.04 bits per heavy atom. The third kappa shape index (κ3) is 4.57. The molecule has 1 aromatic carbocycles. The van der Waals surface area contributed by atoms with E-state index in [9.17, 15) is 18.8 Å². The van der Waals surface area contributed by atoms with E-state index < -0.39 is 0 Å². The van der Waals surface area contributed by atoms with Crippen molar-refractivity contribution in [2.75, 3.05) is 37.6 Å². The van der Waals surface area contributed by atoms with Gasteiger partial charge in [-0.1, -0.05) is 0 Å². The molecule has 1 saturated heterocycles. The summed E-state index contributed by atoms with van der Waals surface area (Å²) in [6, 6.07) is 8.87. The van der Waals surface area contributed by atoms with Crippen LogP contribution in [0.15, 0.2) is 47.1 Å². The summed E-state index contributed by atoms with van der Waals surface area (Å²) in [5.41, 5.74) is 0.551. The number of piperazine rings is 1. The molecule has 0 atom stereocenters. The smallest absolute Gasteiger partial charge is 0.289 e. The number of benzene rings is 1. The average Bonchev–Trinajstić information content (AvgIpc) is 3.23. The van der Waals surface area contributed by atoms with Gasteiger partial charge in [-0.3, -0.25) is 14.4 Å². The molecule has 1 aromatic heterocycles. The Labute approximate surface area is 162 Å². The van der Waals surface area contributed by atoms with E-state index in [1.54, 1.807) is 21.9 Å². The zero-order valence-corrected chi connectivity index (χ0v) is 15.6. The minimum atomic E-state index is -0.384. The van der Waals surface area contributed by atoms with E-state index in [0.717, 1.165) is 0 Å². The fourth-order valence-corrected chi connectivity index (χ4v) is 3.17. The van der Waals surface area contributed by atoms with Crippen LogP contribution in [0, 0.1) is 5.82 Å². The molecule has 0 spiro atoms. The van der Waals surface area contributed by atoms with Crippen LogP contribution in [-0.2, 0) is 9.59 Å². The molecule has 3 rings (SSSR count). The molecule has 0 aliphatic carbocycles. The van der Waals surface area contributed by atoms with Crippen molar-refractivity contribution in [2.24, 2.45) is 0 Å². The summed E-state index contributed by atoms with van der Waals surface area (Å²) in [4.78, 5) is 41.5. The number of carbonyl (C=O) groups is 3. The highest BCUT2D eigenvalue weighted by Gasteiger charge is 2.26. The number of amides is 3. The Kier molecular flexibility index (Phi) is 6.08. The number of furan rings is 1. The van der Waals surface area contributed by atoms with Gasteiger partial charge in [-0.2, -0.15) is 0 Å². The van der Waals surface area contributed by atoms with Gasteiger partial charge in [0.05, 0.1) is 6.26 Å². The second-order valence-corrected chi connectivity index (χ2v) is 6.55. The molecular formula is C20H22FN3O4. The summed E-state index contributed by atoms with van der Waals surface area (Å²) in [5.74, 6) is -0.579. The molecule has 8 heteroatoms. The standard InChI is InChI=1S/C20H22FN3O4/c1-15(25)24(17-6-4-16(21)5-7-17)9-8-19(26)22-10-12-23(13-11-22)20(27)18-3-2-14-28-18/h2-7,14H,8-13H2,1H3. The molecule has 0 bridgehead atoms. The summed E-state index contributed by atoms with van der Waals surface area (Å²) in [6.45, 7) is 3.35. The van der Waals surface area contributed by atoms with Crippen LogP contribution in [0.4, 0.5) is 10.1 Å². The number of carbonyl (C=O) groups excluding carboxylic acids is 3. The third-order valence-electron chi connectivity index (χ3n) is 4.72. The van der Waals surface area contributed by atoms with Crippen molar-refractivity contribution in [1.82, 2.24) is 9.80 Å². The van der Waals surface area contributed by atoms with E-state index in [0.29, 0.717) is 31.9 Å². The molecule has 148 valence electrons. The molecule has 7 nitrogen and oxygen atoms in total. The van der Waals surface area contributed by atoms with Gasteiger partial charge < -0.3 is 19.1 Å². The maximum Gasteiger partial charge on any atom is 0.289 e. The normalized spacial score (nSPS) is 14.1. The van der Waals surface area contributed by atoms with Crippen molar-refractivity contribution >= 4 is 23.4 Å². The van der Waals surface area contributed by atoms with Gasteiger partial charge in [-0.15, -0.1) is 0 Å². The summed E-state index contributed by atoms with van der Waals surface area (Å²) < 4.78 is 18.2. The van der Waals surface area contributed by atoms with Crippen LogP contribution in [0.2, 0.25) is 0 Å². The van der Waals surface area contributed by atoms with Gasteiger partial charge in [0.1, 0.15) is 5.82 Å². The molecule has 0 radical (unpaired) electrons. The van der Waals surface area contributed by atoms with Crippen LogP contribution < -0.4 is 4.90 Å². The van der Waals surface area contributed by atoms with Crippen molar-refractivity contribution in [3.63, 3.8) is 0 Å². The Morgan fingerprint density at radius 2 is 1.68 bits per heavy atom. The van der Waals surface area contributed by atoms with Gasteiger partial charge >= 0.3 is 0 Å². The SMILES string of the molecule is CC(=O)N(CCC(=O)N1CCN(C(=O)c2ccco2)CC1)c1ccc(F)cc1. The summed E-state index contributed by atoms with van der Waals surface area (Å²) in [6.07, 6.45) is 1.61. The van der Waals surface area contributed by atoms with Crippen molar-refractivity contribution in [3.8, 4) is 0 Å². The quantitative estimate of drug-likeness (QED) is 0.788. The first-order valence-electron chi connectivity index (χ1n) is 9.10. The summed E-state index contributed by atoms with van der Waals surface area (Å²) in [7, 11) is 0. The number of hydrogen-bond donors (Lipinski definition) is 0. The van der Waals surface area contributed by atoms with E-state index in [-0.39, 0.29) is 42.3 Å². The Hall–Kier alpha value is -3.16. The zero-order valence-electron chi connectivity index (χ0n) is 15.6. The minimum absolute atomic E-state index is 0.0848. The minimum Gasteiger partial charge on any atom is -0.459 e. The maximum absolute atomic E-state index is 13.1. The lowest BCUT2D eigenvalue weighted by atomic mass is 10.2.